The topological polar surface area (TPSA) is 61.6 Å². The SMILES string of the molecule is COc1ccc2cc([C@H](C)C(=O)OCc3ncc(-c4ccccc4)o3)ccc2c1. The van der Waals surface area contributed by atoms with Gasteiger partial charge < -0.3 is 13.9 Å². The summed E-state index contributed by atoms with van der Waals surface area (Å²) in [5.74, 6) is 1.10. The molecular weight excluding hydrogens is 366 g/mol. The molecule has 146 valence electrons. The Labute approximate surface area is 168 Å². The van der Waals surface area contributed by atoms with Crippen LogP contribution in [-0.4, -0.2) is 18.1 Å². The second kappa shape index (κ2) is 8.19. The van der Waals surface area contributed by atoms with Crippen LogP contribution in [0.5, 0.6) is 5.75 Å². The van der Waals surface area contributed by atoms with Crippen LogP contribution in [0.25, 0.3) is 22.1 Å². The lowest BCUT2D eigenvalue weighted by Gasteiger charge is -2.12. The molecule has 0 amide bonds. The summed E-state index contributed by atoms with van der Waals surface area (Å²) < 4.78 is 16.4. The van der Waals surface area contributed by atoms with Gasteiger partial charge in [-0.05, 0) is 35.4 Å². The van der Waals surface area contributed by atoms with E-state index >= 15 is 0 Å². The fourth-order valence-corrected chi connectivity index (χ4v) is 3.15. The van der Waals surface area contributed by atoms with E-state index in [4.69, 9.17) is 13.9 Å². The van der Waals surface area contributed by atoms with Crippen molar-refractivity contribution in [2.24, 2.45) is 0 Å². The molecule has 4 rings (SSSR count). The Hall–Kier alpha value is -3.60. The molecule has 0 radical (unpaired) electrons. The number of esters is 1. The molecule has 0 spiro atoms. The van der Waals surface area contributed by atoms with Crippen molar-refractivity contribution in [2.75, 3.05) is 7.11 Å². The van der Waals surface area contributed by atoms with E-state index in [2.05, 4.69) is 4.98 Å². The Kier molecular flexibility index (Phi) is 5.29. The smallest absolute Gasteiger partial charge is 0.313 e. The summed E-state index contributed by atoms with van der Waals surface area (Å²) in [7, 11) is 1.64. The second-order valence-electron chi connectivity index (χ2n) is 6.79. The zero-order valence-electron chi connectivity index (χ0n) is 16.3. The van der Waals surface area contributed by atoms with Gasteiger partial charge in [-0.1, -0.05) is 54.6 Å². The van der Waals surface area contributed by atoms with Crippen LogP contribution in [0.1, 0.15) is 24.3 Å². The van der Waals surface area contributed by atoms with Crippen molar-refractivity contribution in [1.82, 2.24) is 4.98 Å². The second-order valence-corrected chi connectivity index (χ2v) is 6.79. The van der Waals surface area contributed by atoms with Gasteiger partial charge >= 0.3 is 5.97 Å². The number of fused-ring (bicyclic) bond motifs is 1. The molecular formula is C24H21NO4. The number of aromatic nitrogens is 1. The molecule has 0 bridgehead atoms. The van der Waals surface area contributed by atoms with Crippen molar-refractivity contribution in [1.29, 1.82) is 0 Å². The predicted molar refractivity (Wildman–Crippen MR) is 111 cm³/mol. The van der Waals surface area contributed by atoms with E-state index in [1.54, 1.807) is 13.3 Å². The predicted octanol–water partition coefficient (Wildman–Crippen LogP) is 5.35. The van der Waals surface area contributed by atoms with Crippen LogP contribution in [0, 0.1) is 0 Å². The van der Waals surface area contributed by atoms with Crippen molar-refractivity contribution in [3.63, 3.8) is 0 Å². The van der Waals surface area contributed by atoms with Crippen LogP contribution in [0.4, 0.5) is 0 Å². The Balaban J connectivity index is 1.42. The molecule has 1 atom stereocenters. The zero-order valence-corrected chi connectivity index (χ0v) is 16.3. The number of carbonyl (C=O) groups excluding carboxylic acids is 1. The van der Waals surface area contributed by atoms with Crippen molar-refractivity contribution in [2.45, 2.75) is 19.4 Å². The van der Waals surface area contributed by atoms with Crippen molar-refractivity contribution in [3.8, 4) is 17.1 Å². The molecule has 0 fully saturated rings. The number of nitrogens with zero attached hydrogens (tertiary/aromatic N) is 1. The van der Waals surface area contributed by atoms with Gasteiger partial charge in [0, 0.05) is 5.56 Å². The fraction of sp³-hybridized carbons (Fsp3) is 0.167. The molecule has 0 saturated heterocycles. The van der Waals surface area contributed by atoms with Gasteiger partial charge in [-0.2, -0.15) is 0 Å². The number of hydrogen-bond donors (Lipinski definition) is 0. The highest BCUT2D eigenvalue weighted by molar-refractivity contribution is 5.86. The van der Waals surface area contributed by atoms with Crippen molar-refractivity contribution < 1.29 is 18.7 Å². The van der Waals surface area contributed by atoms with Crippen LogP contribution in [-0.2, 0) is 16.1 Å². The first-order valence-electron chi connectivity index (χ1n) is 9.38. The molecule has 4 aromatic rings. The highest BCUT2D eigenvalue weighted by Gasteiger charge is 2.18. The Morgan fingerprint density at radius 1 is 1.03 bits per heavy atom. The van der Waals surface area contributed by atoms with Gasteiger partial charge in [-0.25, -0.2) is 4.98 Å². The minimum atomic E-state index is -0.398. The van der Waals surface area contributed by atoms with Crippen molar-refractivity contribution in [3.05, 3.63) is 84.4 Å². The molecule has 5 nitrogen and oxygen atoms in total. The first-order chi connectivity index (χ1) is 14.1. The van der Waals surface area contributed by atoms with E-state index < -0.39 is 5.92 Å². The van der Waals surface area contributed by atoms with E-state index in [1.165, 1.54) is 0 Å². The summed E-state index contributed by atoms with van der Waals surface area (Å²) in [6.07, 6.45) is 1.64. The summed E-state index contributed by atoms with van der Waals surface area (Å²) >= 11 is 0. The van der Waals surface area contributed by atoms with Gasteiger partial charge in [-0.3, -0.25) is 4.79 Å². The quantitative estimate of drug-likeness (QED) is 0.417. The summed E-state index contributed by atoms with van der Waals surface area (Å²) in [6, 6.07) is 21.4. The number of hydrogen-bond acceptors (Lipinski definition) is 5. The van der Waals surface area contributed by atoms with E-state index in [1.807, 2.05) is 73.7 Å². The fourth-order valence-electron chi connectivity index (χ4n) is 3.15. The maximum Gasteiger partial charge on any atom is 0.313 e. The Morgan fingerprint density at radius 2 is 1.79 bits per heavy atom. The number of benzene rings is 3. The normalized spacial score (nSPS) is 11.9. The van der Waals surface area contributed by atoms with Crippen LogP contribution in [0.2, 0.25) is 0 Å². The van der Waals surface area contributed by atoms with Crippen LogP contribution in [0.15, 0.2) is 77.3 Å². The number of ether oxygens (including phenoxy) is 2. The summed E-state index contributed by atoms with van der Waals surface area (Å²) in [4.78, 5) is 16.7. The Morgan fingerprint density at radius 3 is 2.59 bits per heavy atom. The number of oxazole rings is 1. The molecule has 0 aliphatic carbocycles. The average molecular weight is 387 g/mol. The van der Waals surface area contributed by atoms with Crippen molar-refractivity contribution >= 4 is 16.7 Å². The molecule has 0 aliphatic rings. The maximum atomic E-state index is 12.5. The Bertz CT molecular complexity index is 1130. The third-order valence-electron chi connectivity index (χ3n) is 4.87. The van der Waals surface area contributed by atoms with E-state index in [0.717, 1.165) is 27.6 Å². The molecule has 1 heterocycles. The van der Waals surface area contributed by atoms with Crippen LogP contribution >= 0.6 is 0 Å². The first kappa shape index (κ1) is 18.7. The lowest BCUT2D eigenvalue weighted by molar-refractivity contribution is -0.147. The van der Waals surface area contributed by atoms with Gasteiger partial charge in [0.25, 0.3) is 0 Å². The summed E-state index contributed by atoms with van der Waals surface area (Å²) in [6.45, 7) is 1.83. The third kappa shape index (κ3) is 4.14. The minimum absolute atomic E-state index is 0.000781. The third-order valence-corrected chi connectivity index (χ3v) is 4.87. The molecule has 3 aromatic carbocycles. The molecule has 0 N–H and O–H groups in total. The summed E-state index contributed by atoms with van der Waals surface area (Å²) in [5, 5.41) is 2.10. The maximum absolute atomic E-state index is 12.5. The van der Waals surface area contributed by atoms with Gasteiger partial charge in [0.05, 0.1) is 19.2 Å². The molecule has 1 aromatic heterocycles. The molecule has 29 heavy (non-hydrogen) atoms. The van der Waals surface area contributed by atoms with Gasteiger partial charge in [-0.15, -0.1) is 0 Å². The first-order valence-corrected chi connectivity index (χ1v) is 9.38. The highest BCUT2D eigenvalue weighted by atomic mass is 16.5. The lowest BCUT2D eigenvalue weighted by Crippen LogP contribution is -2.13. The standard InChI is InChI=1S/C24H21NO4/c1-16(18-8-9-20-13-21(27-2)11-10-19(20)12-18)24(26)28-15-23-25-14-22(29-23)17-6-4-3-5-7-17/h3-14,16H,15H2,1-2H3/t16-/m0/s1. The highest BCUT2D eigenvalue weighted by Crippen LogP contribution is 2.26. The lowest BCUT2D eigenvalue weighted by atomic mass is 9.98. The van der Waals surface area contributed by atoms with E-state index in [0.29, 0.717) is 11.7 Å². The summed E-state index contributed by atoms with van der Waals surface area (Å²) in [5.41, 5.74) is 1.82. The largest absolute Gasteiger partial charge is 0.497 e. The number of carbonyl (C=O) groups is 1. The number of rotatable bonds is 6. The van der Waals surface area contributed by atoms with E-state index in [9.17, 15) is 4.79 Å². The van der Waals surface area contributed by atoms with Gasteiger partial charge in [0.15, 0.2) is 12.4 Å². The molecule has 5 heteroatoms. The zero-order chi connectivity index (χ0) is 20.2. The molecule has 0 aliphatic heterocycles. The molecule has 0 saturated carbocycles. The average Bonchev–Trinajstić information content (AvgIpc) is 3.26. The minimum Gasteiger partial charge on any atom is -0.497 e. The van der Waals surface area contributed by atoms with Gasteiger partial charge in [0.2, 0.25) is 5.89 Å². The monoisotopic (exact) mass is 387 g/mol. The van der Waals surface area contributed by atoms with Gasteiger partial charge in [0.1, 0.15) is 5.75 Å². The van der Waals surface area contributed by atoms with Crippen LogP contribution < -0.4 is 4.74 Å². The van der Waals surface area contributed by atoms with E-state index in [-0.39, 0.29) is 12.6 Å². The number of methoxy groups -OCH3 is 1. The van der Waals surface area contributed by atoms with Crippen LogP contribution in [0.3, 0.4) is 0 Å². The molecule has 0 unspecified atom stereocenters.